The number of carbonyl (C=O) groups is 1. The van der Waals surface area contributed by atoms with Gasteiger partial charge in [-0.2, -0.15) is 0 Å². The van der Waals surface area contributed by atoms with Crippen LogP contribution >= 0.6 is 11.6 Å². The Kier molecular flexibility index (Phi) is 4.92. The highest BCUT2D eigenvalue weighted by Crippen LogP contribution is 2.22. The van der Waals surface area contributed by atoms with Crippen molar-refractivity contribution in [2.75, 3.05) is 13.2 Å². The molecule has 2 unspecified atom stereocenters. The molecule has 1 aromatic carbocycles. The second-order valence-electron chi connectivity index (χ2n) is 5.17. The van der Waals surface area contributed by atoms with Crippen LogP contribution in [0.1, 0.15) is 17.4 Å². The number of halogens is 1. The Bertz CT molecular complexity index is 739. The van der Waals surface area contributed by atoms with E-state index < -0.39 is 0 Å². The predicted octanol–water partition coefficient (Wildman–Crippen LogP) is 2.69. The molecular weight excluding hydrogens is 312 g/mol. The Labute approximate surface area is 140 Å². The van der Waals surface area contributed by atoms with E-state index in [-0.39, 0.29) is 12.1 Å². The van der Waals surface area contributed by atoms with Crippen molar-refractivity contribution in [3.05, 3.63) is 64.9 Å². The molecule has 4 nitrogen and oxygen atoms in total. The molecule has 1 saturated heterocycles. The number of ether oxygens (including phenoxy) is 1. The summed E-state index contributed by atoms with van der Waals surface area (Å²) in [5.41, 5.74) is 1.63. The number of pyridine rings is 1. The molecule has 1 amide bonds. The molecule has 116 valence electrons. The standard InChI is InChI=1S/C18H15ClN2O2/c19-15-5-3-4-14(10-15)7-8-16-12-23-18(11-21(16)13-22)17-6-1-2-9-20-17/h1-6,9-10,13,16,18H,11-12H2. The molecule has 0 spiro atoms. The molecule has 5 heteroatoms. The van der Waals surface area contributed by atoms with E-state index in [2.05, 4.69) is 16.8 Å². The zero-order valence-electron chi connectivity index (χ0n) is 12.4. The molecule has 2 aromatic rings. The zero-order chi connectivity index (χ0) is 16.1. The number of aromatic nitrogens is 1. The number of benzene rings is 1. The summed E-state index contributed by atoms with van der Waals surface area (Å²) in [5.74, 6) is 6.12. The third-order valence-electron chi connectivity index (χ3n) is 3.59. The van der Waals surface area contributed by atoms with Crippen molar-refractivity contribution in [3.8, 4) is 11.8 Å². The van der Waals surface area contributed by atoms with E-state index in [1.807, 2.05) is 30.3 Å². The molecule has 0 bridgehead atoms. The van der Waals surface area contributed by atoms with Gasteiger partial charge in [0.15, 0.2) is 0 Å². The summed E-state index contributed by atoms with van der Waals surface area (Å²) < 4.78 is 5.83. The summed E-state index contributed by atoms with van der Waals surface area (Å²) >= 11 is 5.94. The second kappa shape index (κ2) is 7.28. The lowest BCUT2D eigenvalue weighted by atomic mass is 10.1. The number of hydrogen-bond donors (Lipinski definition) is 0. The largest absolute Gasteiger partial charge is 0.367 e. The first kappa shape index (κ1) is 15.5. The number of nitrogens with zero attached hydrogens (tertiary/aromatic N) is 2. The average Bonchev–Trinajstić information content (AvgIpc) is 2.60. The minimum Gasteiger partial charge on any atom is -0.367 e. The summed E-state index contributed by atoms with van der Waals surface area (Å²) in [6.07, 6.45) is 2.32. The van der Waals surface area contributed by atoms with E-state index in [9.17, 15) is 4.79 Å². The van der Waals surface area contributed by atoms with Crippen molar-refractivity contribution >= 4 is 18.0 Å². The first-order valence-electron chi connectivity index (χ1n) is 7.27. The van der Waals surface area contributed by atoms with E-state index in [0.29, 0.717) is 18.2 Å². The lowest BCUT2D eigenvalue weighted by Gasteiger charge is -2.34. The van der Waals surface area contributed by atoms with Gasteiger partial charge in [-0.15, -0.1) is 0 Å². The van der Waals surface area contributed by atoms with E-state index in [4.69, 9.17) is 16.3 Å². The predicted molar refractivity (Wildman–Crippen MR) is 87.8 cm³/mol. The Balaban J connectivity index is 1.72. The molecule has 0 aliphatic carbocycles. The molecule has 0 N–H and O–H groups in total. The molecule has 0 radical (unpaired) electrons. The fourth-order valence-corrected chi connectivity index (χ4v) is 2.58. The quantitative estimate of drug-likeness (QED) is 0.629. The van der Waals surface area contributed by atoms with Crippen LogP contribution in [0.25, 0.3) is 0 Å². The zero-order valence-corrected chi connectivity index (χ0v) is 13.1. The monoisotopic (exact) mass is 326 g/mol. The molecule has 1 fully saturated rings. The highest BCUT2D eigenvalue weighted by Gasteiger charge is 2.28. The van der Waals surface area contributed by atoms with Crippen LogP contribution in [0.5, 0.6) is 0 Å². The van der Waals surface area contributed by atoms with Gasteiger partial charge in [0.25, 0.3) is 0 Å². The molecular formula is C18H15ClN2O2. The molecule has 2 heterocycles. The van der Waals surface area contributed by atoms with Crippen molar-refractivity contribution in [3.63, 3.8) is 0 Å². The highest BCUT2D eigenvalue weighted by atomic mass is 35.5. The van der Waals surface area contributed by atoms with Crippen molar-refractivity contribution < 1.29 is 9.53 Å². The number of rotatable bonds is 2. The number of morpholine rings is 1. The average molecular weight is 327 g/mol. The van der Waals surface area contributed by atoms with Gasteiger partial charge >= 0.3 is 0 Å². The number of carbonyl (C=O) groups excluding carboxylic acids is 1. The highest BCUT2D eigenvalue weighted by molar-refractivity contribution is 6.30. The van der Waals surface area contributed by atoms with Crippen LogP contribution in [-0.2, 0) is 9.53 Å². The molecule has 3 rings (SSSR count). The van der Waals surface area contributed by atoms with Crippen molar-refractivity contribution in [1.82, 2.24) is 9.88 Å². The van der Waals surface area contributed by atoms with Crippen LogP contribution in [0.2, 0.25) is 5.02 Å². The van der Waals surface area contributed by atoms with Crippen molar-refractivity contribution in [2.24, 2.45) is 0 Å². The van der Waals surface area contributed by atoms with E-state index in [0.717, 1.165) is 17.7 Å². The van der Waals surface area contributed by atoms with Gasteiger partial charge in [-0.05, 0) is 30.3 Å². The SMILES string of the molecule is O=CN1CC(c2ccccn2)OCC1C#Cc1cccc(Cl)c1. The molecule has 1 aromatic heterocycles. The Morgan fingerprint density at radius 1 is 1.30 bits per heavy atom. The molecule has 1 aliphatic heterocycles. The normalized spacial score (nSPS) is 20.5. The molecule has 2 atom stereocenters. The van der Waals surface area contributed by atoms with E-state index in [1.165, 1.54) is 0 Å². The topological polar surface area (TPSA) is 42.4 Å². The Hall–Kier alpha value is -2.35. The Morgan fingerprint density at radius 2 is 2.22 bits per heavy atom. The number of hydrogen-bond acceptors (Lipinski definition) is 3. The summed E-state index contributed by atoms with van der Waals surface area (Å²) in [7, 11) is 0. The van der Waals surface area contributed by atoms with Gasteiger partial charge in [0.1, 0.15) is 12.1 Å². The third-order valence-corrected chi connectivity index (χ3v) is 3.83. The summed E-state index contributed by atoms with van der Waals surface area (Å²) in [6, 6.07) is 12.7. The van der Waals surface area contributed by atoms with Gasteiger partial charge in [0, 0.05) is 16.8 Å². The lowest BCUT2D eigenvalue weighted by molar-refractivity contribution is -0.129. The minimum absolute atomic E-state index is 0.217. The van der Waals surface area contributed by atoms with Gasteiger partial charge in [0.05, 0.1) is 18.8 Å². The van der Waals surface area contributed by atoms with Crippen LogP contribution in [0.4, 0.5) is 0 Å². The van der Waals surface area contributed by atoms with Crippen LogP contribution in [-0.4, -0.2) is 35.5 Å². The van der Waals surface area contributed by atoms with E-state index in [1.54, 1.807) is 23.2 Å². The first-order valence-corrected chi connectivity index (χ1v) is 7.65. The summed E-state index contributed by atoms with van der Waals surface area (Å²) in [6.45, 7) is 0.795. The fraction of sp³-hybridized carbons (Fsp3) is 0.222. The smallest absolute Gasteiger partial charge is 0.210 e. The van der Waals surface area contributed by atoms with Gasteiger partial charge in [-0.3, -0.25) is 9.78 Å². The van der Waals surface area contributed by atoms with E-state index >= 15 is 0 Å². The molecule has 0 saturated carbocycles. The summed E-state index contributed by atoms with van der Waals surface area (Å²) in [4.78, 5) is 17.3. The third kappa shape index (κ3) is 3.89. The Morgan fingerprint density at radius 3 is 2.96 bits per heavy atom. The maximum atomic E-state index is 11.4. The van der Waals surface area contributed by atoms with Crippen LogP contribution < -0.4 is 0 Å². The van der Waals surface area contributed by atoms with Gasteiger partial charge in [-0.1, -0.05) is 35.6 Å². The van der Waals surface area contributed by atoms with Crippen LogP contribution in [0.15, 0.2) is 48.7 Å². The van der Waals surface area contributed by atoms with Crippen molar-refractivity contribution in [1.29, 1.82) is 0 Å². The van der Waals surface area contributed by atoms with Crippen molar-refractivity contribution in [2.45, 2.75) is 12.1 Å². The fourth-order valence-electron chi connectivity index (χ4n) is 2.39. The van der Waals surface area contributed by atoms with Gasteiger partial charge in [0.2, 0.25) is 6.41 Å². The van der Waals surface area contributed by atoms with Gasteiger partial charge < -0.3 is 9.64 Å². The van der Waals surface area contributed by atoms with Crippen LogP contribution in [0.3, 0.4) is 0 Å². The summed E-state index contributed by atoms with van der Waals surface area (Å²) in [5, 5.41) is 0.638. The maximum Gasteiger partial charge on any atom is 0.210 e. The second-order valence-corrected chi connectivity index (χ2v) is 5.61. The minimum atomic E-state index is -0.272. The molecule has 1 aliphatic rings. The number of amides is 1. The van der Waals surface area contributed by atoms with Gasteiger partial charge in [-0.25, -0.2) is 0 Å². The first-order chi connectivity index (χ1) is 11.3. The van der Waals surface area contributed by atoms with Crippen LogP contribution in [0, 0.1) is 11.8 Å². The lowest BCUT2D eigenvalue weighted by Crippen LogP contribution is -2.45. The maximum absolute atomic E-state index is 11.4. The molecule has 23 heavy (non-hydrogen) atoms.